The van der Waals surface area contributed by atoms with Gasteiger partial charge in [0, 0.05) is 18.7 Å². The number of rotatable bonds is 7. The van der Waals surface area contributed by atoms with Crippen LogP contribution in [0, 0.1) is 12.3 Å². The summed E-state index contributed by atoms with van der Waals surface area (Å²) in [5, 5.41) is 13.5. The van der Waals surface area contributed by atoms with E-state index in [9.17, 15) is 9.59 Å². The zero-order valence-corrected chi connectivity index (χ0v) is 19.0. The standard InChI is InChI=1S/C23H23N7O3S/c1-2-20-28-29-23(34-20)27-22(32)26-18(14-33-21(24)31)16-10-8-15(9-11-16)17-6-5-7-19(25-17)30-12-3-4-13-30/h1,5-11,18H,3-4,12-14H2,(H2,24,31)(H2,26,27,29,32). The lowest BCUT2D eigenvalue weighted by Crippen LogP contribution is -2.36. The highest BCUT2D eigenvalue weighted by molar-refractivity contribution is 7.15. The van der Waals surface area contributed by atoms with Crippen LogP contribution in [0.1, 0.15) is 29.5 Å². The van der Waals surface area contributed by atoms with Crippen molar-refractivity contribution in [3.63, 3.8) is 0 Å². The number of aromatic nitrogens is 3. The van der Waals surface area contributed by atoms with E-state index in [1.807, 2.05) is 42.5 Å². The Morgan fingerprint density at radius 1 is 1.18 bits per heavy atom. The molecule has 0 saturated carbocycles. The number of carbonyl (C=O) groups is 2. The van der Waals surface area contributed by atoms with E-state index in [2.05, 4.69) is 31.7 Å². The number of amides is 3. The highest BCUT2D eigenvalue weighted by Gasteiger charge is 2.19. The van der Waals surface area contributed by atoms with Crippen LogP contribution in [-0.2, 0) is 4.74 Å². The number of nitrogens with two attached hydrogens (primary N) is 1. The van der Waals surface area contributed by atoms with Crippen molar-refractivity contribution in [1.82, 2.24) is 20.5 Å². The Kier molecular flexibility index (Phi) is 7.19. The summed E-state index contributed by atoms with van der Waals surface area (Å²) in [6.07, 6.45) is 6.70. The first-order valence-electron chi connectivity index (χ1n) is 10.6. The van der Waals surface area contributed by atoms with Crippen LogP contribution in [0.5, 0.6) is 0 Å². The molecule has 4 rings (SSSR count). The molecule has 1 aliphatic rings. The van der Waals surface area contributed by atoms with Crippen LogP contribution in [0.25, 0.3) is 11.3 Å². The highest BCUT2D eigenvalue weighted by Crippen LogP contribution is 2.25. The summed E-state index contributed by atoms with van der Waals surface area (Å²) in [5.74, 6) is 3.32. The van der Waals surface area contributed by atoms with E-state index in [1.54, 1.807) is 0 Å². The molecule has 1 atom stereocenters. The molecular formula is C23H23N7O3S. The fourth-order valence-corrected chi connectivity index (χ4v) is 4.15. The SMILES string of the molecule is C#Cc1nnc(NC(=O)NC(COC(N)=O)c2ccc(-c3cccc(N4CCCC4)n3)cc2)s1. The van der Waals surface area contributed by atoms with Crippen molar-refractivity contribution in [2.45, 2.75) is 18.9 Å². The average molecular weight is 478 g/mol. The molecule has 0 aliphatic carbocycles. The molecule has 1 unspecified atom stereocenters. The predicted octanol–water partition coefficient (Wildman–Crippen LogP) is 3.14. The molecule has 1 saturated heterocycles. The number of nitrogens with one attached hydrogen (secondary N) is 2. The molecular weight excluding hydrogens is 454 g/mol. The maximum absolute atomic E-state index is 12.5. The Hall–Kier alpha value is -4.17. The largest absolute Gasteiger partial charge is 0.447 e. The van der Waals surface area contributed by atoms with Gasteiger partial charge >= 0.3 is 12.1 Å². The number of benzene rings is 1. The predicted molar refractivity (Wildman–Crippen MR) is 129 cm³/mol. The minimum absolute atomic E-state index is 0.142. The average Bonchev–Trinajstić information content (AvgIpc) is 3.54. The monoisotopic (exact) mass is 477 g/mol. The van der Waals surface area contributed by atoms with Gasteiger partial charge in [0.2, 0.25) is 5.13 Å². The van der Waals surface area contributed by atoms with Crippen molar-refractivity contribution >= 4 is 34.4 Å². The molecule has 0 spiro atoms. The van der Waals surface area contributed by atoms with E-state index in [4.69, 9.17) is 21.9 Å². The third-order valence-electron chi connectivity index (χ3n) is 5.24. The second-order valence-electron chi connectivity index (χ2n) is 7.53. The summed E-state index contributed by atoms with van der Waals surface area (Å²) < 4.78 is 4.95. The van der Waals surface area contributed by atoms with Gasteiger partial charge < -0.3 is 20.7 Å². The molecule has 3 heterocycles. The van der Waals surface area contributed by atoms with E-state index < -0.39 is 18.2 Å². The minimum Gasteiger partial charge on any atom is -0.447 e. The second kappa shape index (κ2) is 10.6. The van der Waals surface area contributed by atoms with E-state index in [0.717, 1.165) is 47.1 Å². The lowest BCUT2D eigenvalue weighted by atomic mass is 10.0. The van der Waals surface area contributed by atoms with E-state index in [0.29, 0.717) is 5.01 Å². The Balaban J connectivity index is 1.48. The van der Waals surface area contributed by atoms with Crippen LogP contribution in [0.2, 0.25) is 0 Å². The highest BCUT2D eigenvalue weighted by atomic mass is 32.1. The van der Waals surface area contributed by atoms with Crippen molar-refractivity contribution in [3.8, 4) is 23.6 Å². The van der Waals surface area contributed by atoms with Crippen molar-refractivity contribution in [3.05, 3.63) is 53.0 Å². The fraction of sp³-hybridized carbons (Fsp3) is 0.261. The smallest absolute Gasteiger partial charge is 0.404 e. The van der Waals surface area contributed by atoms with Crippen LogP contribution >= 0.6 is 11.3 Å². The van der Waals surface area contributed by atoms with E-state index in [1.165, 1.54) is 12.8 Å². The number of urea groups is 1. The van der Waals surface area contributed by atoms with E-state index in [-0.39, 0.29) is 11.7 Å². The summed E-state index contributed by atoms with van der Waals surface area (Å²) in [5.41, 5.74) is 7.62. The number of hydrogen-bond acceptors (Lipinski definition) is 8. The normalized spacial score (nSPS) is 13.7. The molecule has 0 bridgehead atoms. The molecule has 3 amide bonds. The molecule has 10 nitrogen and oxygen atoms in total. The fourth-order valence-electron chi connectivity index (χ4n) is 3.60. The number of nitrogens with zero attached hydrogens (tertiary/aromatic N) is 4. The van der Waals surface area contributed by atoms with Crippen molar-refractivity contribution in [2.24, 2.45) is 5.73 Å². The number of anilines is 2. The molecule has 1 aliphatic heterocycles. The van der Waals surface area contributed by atoms with Crippen molar-refractivity contribution in [1.29, 1.82) is 0 Å². The first kappa shape index (κ1) is 23.0. The third-order valence-corrected chi connectivity index (χ3v) is 6.01. The van der Waals surface area contributed by atoms with Crippen LogP contribution < -0.4 is 21.3 Å². The lowest BCUT2D eigenvalue weighted by Gasteiger charge is -2.19. The summed E-state index contributed by atoms with van der Waals surface area (Å²) >= 11 is 1.07. The Morgan fingerprint density at radius 3 is 2.62 bits per heavy atom. The van der Waals surface area contributed by atoms with Gasteiger partial charge in [-0.3, -0.25) is 5.32 Å². The van der Waals surface area contributed by atoms with E-state index >= 15 is 0 Å². The number of pyridine rings is 1. The number of hydrogen-bond donors (Lipinski definition) is 3. The maximum Gasteiger partial charge on any atom is 0.404 e. The van der Waals surface area contributed by atoms with Gasteiger partial charge in [0.1, 0.15) is 12.4 Å². The molecule has 174 valence electrons. The molecule has 1 aromatic carbocycles. The lowest BCUT2D eigenvalue weighted by molar-refractivity contribution is 0.144. The zero-order chi connectivity index (χ0) is 23.9. The second-order valence-corrected chi connectivity index (χ2v) is 8.51. The first-order valence-corrected chi connectivity index (χ1v) is 11.5. The van der Waals surface area contributed by atoms with Crippen LogP contribution in [0.15, 0.2) is 42.5 Å². The first-order chi connectivity index (χ1) is 16.5. The van der Waals surface area contributed by atoms with Crippen molar-refractivity contribution < 1.29 is 14.3 Å². The number of ether oxygens (including phenoxy) is 1. The molecule has 4 N–H and O–H groups in total. The van der Waals surface area contributed by atoms with Gasteiger partial charge in [-0.1, -0.05) is 41.7 Å². The third kappa shape index (κ3) is 5.79. The summed E-state index contributed by atoms with van der Waals surface area (Å²) in [6.45, 7) is 1.90. The quantitative estimate of drug-likeness (QED) is 0.445. The Labute approximate surface area is 200 Å². The van der Waals surface area contributed by atoms with Gasteiger partial charge in [-0.2, -0.15) is 0 Å². The van der Waals surface area contributed by atoms with Gasteiger partial charge in [-0.15, -0.1) is 16.6 Å². The molecule has 11 heteroatoms. The number of terminal acetylenes is 1. The number of carbonyl (C=O) groups excluding carboxylic acids is 2. The maximum atomic E-state index is 12.5. The van der Waals surface area contributed by atoms with Crippen LogP contribution in [-0.4, -0.2) is 47.0 Å². The van der Waals surface area contributed by atoms with Gasteiger partial charge in [-0.25, -0.2) is 14.6 Å². The van der Waals surface area contributed by atoms with Gasteiger partial charge in [-0.05, 0) is 36.5 Å². The van der Waals surface area contributed by atoms with Crippen LogP contribution in [0.4, 0.5) is 20.5 Å². The minimum atomic E-state index is -0.936. The molecule has 3 aromatic rings. The molecule has 0 radical (unpaired) electrons. The molecule has 34 heavy (non-hydrogen) atoms. The van der Waals surface area contributed by atoms with Gasteiger partial charge in [0.15, 0.2) is 5.01 Å². The topological polar surface area (TPSA) is 135 Å². The Morgan fingerprint density at radius 2 is 1.94 bits per heavy atom. The number of primary amides is 1. The van der Waals surface area contributed by atoms with Crippen LogP contribution in [0.3, 0.4) is 0 Å². The Bertz CT molecular complexity index is 1200. The van der Waals surface area contributed by atoms with Gasteiger partial charge in [0.05, 0.1) is 11.7 Å². The van der Waals surface area contributed by atoms with Gasteiger partial charge in [0.25, 0.3) is 0 Å². The molecule has 1 fully saturated rings. The molecule has 2 aromatic heterocycles. The van der Waals surface area contributed by atoms with Crippen molar-refractivity contribution in [2.75, 3.05) is 29.9 Å². The zero-order valence-electron chi connectivity index (χ0n) is 18.2. The summed E-state index contributed by atoms with van der Waals surface area (Å²) in [4.78, 5) is 30.7. The summed E-state index contributed by atoms with van der Waals surface area (Å²) in [6, 6.07) is 12.3. The summed E-state index contributed by atoms with van der Waals surface area (Å²) in [7, 11) is 0.